The van der Waals surface area contributed by atoms with Crippen molar-refractivity contribution in [2.45, 2.75) is 4.90 Å². The van der Waals surface area contributed by atoms with Crippen LogP contribution in [0.1, 0.15) is 0 Å². The van der Waals surface area contributed by atoms with Crippen molar-refractivity contribution in [1.82, 2.24) is 4.31 Å². The van der Waals surface area contributed by atoms with E-state index in [1.165, 1.54) is 20.2 Å². The Morgan fingerprint density at radius 2 is 1.89 bits per heavy atom. The lowest BCUT2D eigenvalue weighted by molar-refractivity contribution is 0.206. The Balaban J connectivity index is 3.19. The van der Waals surface area contributed by atoms with Crippen LogP contribution in [0.3, 0.4) is 0 Å². The van der Waals surface area contributed by atoms with E-state index < -0.39 is 10.0 Å². The maximum atomic E-state index is 12.1. The van der Waals surface area contributed by atoms with Gasteiger partial charge < -0.3 is 15.4 Å². The molecule has 0 aliphatic carbocycles. The summed E-state index contributed by atoms with van der Waals surface area (Å²) in [6.07, 6.45) is 0. The summed E-state index contributed by atoms with van der Waals surface area (Å²) in [5, 5.41) is 0. The molecule has 0 aromatic heterocycles. The first-order chi connectivity index (χ1) is 8.82. The van der Waals surface area contributed by atoms with Crippen LogP contribution >= 0.6 is 0 Å². The van der Waals surface area contributed by atoms with Crippen LogP contribution < -0.4 is 10.6 Å². The van der Waals surface area contributed by atoms with E-state index in [-0.39, 0.29) is 10.6 Å². The Kier molecular flexibility index (Phi) is 5.16. The molecule has 19 heavy (non-hydrogen) atoms. The summed E-state index contributed by atoms with van der Waals surface area (Å²) in [7, 11) is 2.89. The molecule has 0 radical (unpaired) electrons. The molecule has 6 nitrogen and oxygen atoms in total. The number of nitrogens with two attached hydrogens (primary N) is 1. The minimum absolute atomic E-state index is 0.124. The standard InChI is InChI=1S/C12H21N3O3S/c1-14(2)19(16,17)11-7-5-6-10(12(11)13)15(3)8-9-18-4/h5-7H,8-9,13H2,1-4H3. The first-order valence-electron chi connectivity index (χ1n) is 5.83. The van der Waals surface area contributed by atoms with Crippen LogP contribution in [0.2, 0.25) is 0 Å². The number of hydrogen-bond donors (Lipinski definition) is 1. The Morgan fingerprint density at radius 3 is 2.42 bits per heavy atom. The van der Waals surface area contributed by atoms with Crippen LogP contribution in [-0.2, 0) is 14.8 Å². The Hall–Kier alpha value is -1.31. The van der Waals surface area contributed by atoms with Gasteiger partial charge >= 0.3 is 0 Å². The molecule has 1 aromatic rings. The van der Waals surface area contributed by atoms with Gasteiger partial charge in [0.2, 0.25) is 10.0 Å². The summed E-state index contributed by atoms with van der Waals surface area (Å²) < 4.78 is 30.4. The number of anilines is 2. The molecule has 0 amide bonds. The third kappa shape index (κ3) is 3.37. The van der Waals surface area contributed by atoms with Crippen LogP contribution in [0.15, 0.2) is 23.1 Å². The number of benzene rings is 1. The van der Waals surface area contributed by atoms with Crippen LogP contribution in [-0.4, -0.2) is 54.1 Å². The van der Waals surface area contributed by atoms with Gasteiger partial charge in [-0.15, -0.1) is 0 Å². The summed E-state index contributed by atoms with van der Waals surface area (Å²) in [5.41, 5.74) is 6.93. The van der Waals surface area contributed by atoms with Gasteiger partial charge in [0, 0.05) is 34.8 Å². The molecule has 0 saturated heterocycles. The monoisotopic (exact) mass is 287 g/mol. The average Bonchev–Trinajstić information content (AvgIpc) is 2.35. The highest BCUT2D eigenvalue weighted by molar-refractivity contribution is 7.89. The quantitative estimate of drug-likeness (QED) is 0.776. The third-order valence-corrected chi connectivity index (χ3v) is 4.72. The number of hydrogen-bond acceptors (Lipinski definition) is 5. The highest BCUT2D eigenvalue weighted by Crippen LogP contribution is 2.30. The van der Waals surface area contributed by atoms with E-state index in [4.69, 9.17) is 10.5 Å². The molecule has 2 N–H and O–H groups in total. The zero-order valence-corrected chi connectivity index (χ0v) is 12.6. The molecule has 0 aliphatic rings. The van der Waals surface area contributed by atoms with Gasteiger partial charge in [-0.25, -0.2) is 12.7 Å². The smallest absolute Gasteiger partial charge is 0.244 e. The van der Waals surface area contributed by atoms with Crippen LogP contribution in [0.5, 0.6) is 0 Å². The molecule has 1 aromatic carbocycles. The van der Waals surface area contributed by atoms with Gasteiger partial charge in [-0.2, -0.15) is 0 Å². The highest BCUT2D eigenvalue weighted by atomic mass is 32.2. The largest absolute Gasteiger partial charge is 0.396 e. The normalized spacial score (nSPS) is 11.8. The molecular formula is C12H21N3O3S. The van der Waals surface area contributed by atoms with Gasteiger partial charge in [-0.05, 0) is 12.1 Å². The van der Waals surface area contributed by atoms with E-state index in [1.54, 1.807) is 19.2 Å². The lowest BCUT2D eigenvalue weighted by Gasteiger charge is -2.23. The molecule has 7 heteroatoms. The molecule has 0 unspecified atom stereocenters. The molecule has 0 aliphatic heterocycles. The van der Waals surface area contributed by atoms with E-state index in [0.717, 1.165) is 4.31 Å². The highest BCUT2D eigenvalue weighted by Gasteiger charge is 2.22. The van der Waals surface area contributed by atoms with Crippen molar-refractivity contribution >= 4 is 21.4 Å². The number of methoxy groups -OCH3 is 1. The van der Waals surface area contributed by atoms with Crippen molar-refractivity contribution in [3.8, 4) is 0 Å². The molecule has 1 rings (SSSR count). The Bertz CT molecular complexity index is 529. The molecule has 0 spiro atoms. The van der Waals surface area contributed by atoms with Crippen molar-refractivity contribution in [2.24, 2.45) is 0 Å². The second-order valence-electron chi connectivity index (χ2n) is 4.39. The van der Waals surface area contributed by atoms with Gasteiger partial charge in [0.1, 0.15) is 4.90 Å². The van der Waals surface area contributed by atoms with Gasteiger partial charge in [-0.3, -0.25) is 0 Å². The SMILES string of the molecule is COCCN(C)c1cccc(S(=O)(=O)N(C)C)c1N. The van der Waals surface area contributed by atoms with E-state index in [0.29, 0.717) is 18.8 Å². The maximum absolute atomic E-state index is 12.1. The summed E-state index contributed by atoms with van der Waals surface area (Å²) in [4.78, 5) is 1.99. The Morgan fingerprint density at radius 1 is 1.26 bits per heavy atom. The summed E-state index contributed by atoms with van der Waals surface area (Å²) in [6.45, 7) is 1.17. The van der Waals surface area contributed by atoms with Crippen LogP contribution in [0.4, 0.5) is 11.4 Å². The Labute approximate surface area is 114 Å². The second-order valence-corrected chi connectivity index (χ2v) is 6.51. The zero-order valence-electron chi connectivity index (χ0n) is 11.8. The number of nitrogens with zero attached hydrogens (tertiary/aromatic N) is 2. The fourth-order valence-corrected chi connectivity index (χ4v) is 2.66. The molecule has 0 heterocycles. The van der Waals surface area contributed by atoms with E-state index in [9.17, 15) is 8.42 Å². The third-order valence-electron chi connectivity index (χ3n) is 2.84. The summed E-state index contributed by atoms with van der Waals surface area (Å²) >= 11 is 0. The lowest BCUT2D eigenvalue weighted by atomic mass is 10.2. The number of para-hydroxylation sites is 1. The van der Waals surface area contributed by atoms with E-state index >= 15 is 0 Å². The second kappa shape index (κ2) is 6.23. The predicted octanol–water partition coefficient (Wildman–Crippen LogP) is 0.602. The molecule has 0 saturated carbocycles. The number of nitrogen functional groups attached to an aromatic ring is 1. The van der Waals surface area contributed by atoms with Crippen molar-refractivity contribution < 1.29 is 13.2 Å². The van der Waals surface area contributed by atoms with Gasteiger partial charge in [0.05, 0.1) is 18.0 Å². The fraction of sp³-hybridized carbons (Fsp3) is 0.500. The number of sulfonamides is 1. The number of ether oxygens (including phenoxy) is 1. The first kappa shape index (κ1) is 15.7. The zero-order chi connectivity index (χ0) is 14.6. The topological polar surface area (TPSA) is 75.9 Å². The van der Waals surface area contributed by atoms with Crippen molar-refractivity contribution in [3.05, 3.63) is 18.2 Å². The lowest BCUT2D eigenvalue weighted by Crippen LogP contribution is -2.26. The number of likely N-dealkylation sites (N-methyl/N-ethyl adjacent to an activating group) is 1. The van der Waals surface area contributed by atoms with Crippen LogP contribution in [0, 0.1) is 0 Å². The van der Waals surface area contributed by atoms with Crippen LogP contribution in [0.25, 0.3) is 0 Å². The minimum Gasteiger partial charge on any atom is -0.396 e. The average molecular weight is 287 g/mol. The van der Waals surface area contributed by atoms with Crippen molar-refractivity contribution in [1.29, 1.82) is 0 Å². The van der Waals surface area contributed by atoms with Crippen molar-refractivity contribution in [3.63, 3.8) is 0 Å². The summed E-state index contributed by atoms with van der Waals surface area (Å²) in [5.74, 6) is 0. The first-order valence-corrected chi connectivity index (χ1v) is 7.27. The van der Waals surface area contributed by atoms with E-state index in [2.05, 4.69) is 0 Å². The molecule has 0 atom stereocenters. The molecule has 0 bridgehead atoms. The molecular weight excluding hydrogens is 266 g/mol. The maximum Gasteiger partial charge on any atom is 0.244 e. The molecule has 0 fully saturated rings. The minimum atomic E-state index is -3.53. The predicted molar refractivity (Wildman–Crippen MR) is 76.9 cm³/mol. The summed E-state index contributed by atoms with van der Waals surface area (Å²) in [6, 6.07) is 4.99. The van der Waals surface area contributed by atoms with Crippen molar-refractivity contribution in [2.75, 3.05) is 52.0 Å². The molecule has 108 valence electrons. The number of rotatable bonds is 6. The van der Waals surface area contributed by atoms with Gasteiger partial charge in [0.15, 0.2) is 0 Å². The van der Waals surface area contributed by atoms with E-state index in [1.807, 2.05) is 11.9 Å². The van der Waals surface area contributed by atoms with Gasteiger partial charge in [-0.1, -0.05) is 6.07 Å². The van der Waals surface area contributed by atoms with Gasteiger partial charge in [0.25, 0.3) is 0 Å². The fourth-order valence-electron chi connectivity index (χ4n) is 1.64.